The van der Waals surface area contributed by atoms with Gasteiger partial charge in [-0.25, -0.2) is 4.79 Å². The van der Waals surface area contributed by atoms with Crippen LogP contribution in [0.4, 0.5) is 32.0 Å². The number of alkyl halides is 6. The molecule has 2 aromatic rings. The van der Waals surface area contributed by atoms with Gasteiger partial charge in [0.1, 0.15) is 11.9 Å². The van der Waals surface area contributed by atoms with E-state index in [1.54, 1.807) is 4.90 Å². The van der Waals surface area contributed by atoms with E-state index in [4.69, 9.17) is 9.84 Å². The van der Waals surface area contributed by atoms with Gasteiger partial charge in [0.15, 0.2) is 0 Å². The minimum atomic E-state index is -4.83. The highest BCUT2D eigenvalue weighted by atomic mass is 19.4. The molecule has 1 aliphatic rings. The molecule has 0 saturated carbocycles. The zero-order valence-electron chi connectivity index (χ0n) is 15.8. The molecule has 1 fully saturated rings. The van der Waals surface area contributed by atoms with Crippen LogP contribution in [0.15, 0.2) is 48.5 Å². The van der Waals surface area contributed by atoms with Crippen LogP contribution >= 0.6 is 0 Å². The van der Waals surface area contributed by atoms with Crippen LogP contribution in [0.3, 0.4) is 0 Å². The molecule has 11 heteroatoms. The second-order valence-corrected chi connectivity index (χ2v) is 6.91. The van der Waals surface area contributed by atoms with E-state index in [9.17, 15) is 31.1 Å². The van der Waals surface area contributed by atoms with E-state index >= 15 is 0 Å². The Bertz CT molecular complexity index is 896. The van der Waals surface area contributed by atoms with Gasteiger partial charge in [-0.3, -0.25) is 4.74 Å². The van der Waals surface area contributed by atoms with E-state index in [1.807, 2.05) is 0 Å². The summed E-state index contributed by atoms with van der Waals surface area (Å²) in [6, 6.07) is 8.84. The topological polar surface area (TPSA) is 59.0 Å². The van der Waals surface area contributed by atoms with E-state index < -0.39 is 42.8 Å². The molecule has 5 nitrogen and oxygen atoms in total. The maximum atomic E-state index is 12.7. The predicted molar refractivity (Wildman–Crippen MR) is 97.0 cm³/mol. The fraction of sp³-hybridized carbons (Fsp3) is 0.350. The van der Waals surface area contributed by atoms with Gasteiger partial charge in [0.25, 0.3) is 0 Å². The smallest absolute Gasteiger partial charge is 0.489 e. The van der Waals surface area contributed by atoms with Crippen LogP contribution in [0.5, 0.6) is 5.75 Å². The lowest BCUT2D eigenvalue weighted by Crippen LogP contribution is -2.35. The number of halogens is 6. The number of carboxylic acid groups (broad SMARTS) is 1. The average Bonchev–Trinajstić information content (AvgIpc) is 3.08. The molecule has 1 heterocycles. The van der Waals surface area contributed by atoms with Crippen LogP contribution in [0.25, 0.3) is 0 Å². The van der Waals surface area contributed by atoms with Crippen LogP contribution in [-0.4, -0.2) is 42.7 Å². The highest BCUT2D eigenvalue weighted by Gasteiger charge is 2.38. The molecule has 0 unspecified atom stereocenters. The first-order valence-electron chi connectivity index (χ1n) is 9.07. The highest BCUT2D eigenvalue weighted by Crippen LogP contribution is 2.33. The number of rotatable bonds is 6. The molecule has 0 aromatic heterocycles. The van der Waals surface area contributed by atoms with Crippen LogP contribution in [0.1, 0.15) is 22.3 Å². The maximum Gasteiger partial charge on any atom is 0.522 e. The zero-order chi connectivity index (χ0) is 22.8. The number of anilines is 1. The monoisotopic (exact) mass is 449 g/mol. The number of aromatic carboxylic acids is 1. The lowest BCUT2D eigenvalue weighted by molar-refractivity contribution is -0.325. The normalized spacial score (nSPS) is 19.5. The molecule has 0 aliphatic carbocycles. The number of nitrogens with zero attached hydrogens (tertiary/aromatic N) is 1. The van der Waals surface area contributed by atoms with Gasteiger partial charge in [-0.1, -0.05) is 0 Å². The molecule has 0 radical (unpaired) electrons. The van der Waals surface area contributed by atoms with Crippen LogP contribution in [0.2, 0.25) is 0 Å². The Hall–Kier alpha value is -2.95. The van der Waals surface area contributed by atoms with Crippen molar-refractivity contribution in [2.75, 3.05) is 18.1 Å². The number of carbonyl (C=O) groups is 1. The van der Waals surface area contributed by atoms with Crippen molar-refractivity contribution in [2.24, 2.45) is 0 Å². The zero-order valence-corrected chi connectivity index (χ0v) is 15.8. The van der Waals surface area contributed by atoms with Gasteiger partial charge in [-0.15, -0.1) is 13.2 Å². The highest BCUT2D eigenvalue weighted by molar-refractivity contribution is 5.88. The van der Waals surface area contributed by atoms with Crippen LogP contribution in [-0.2, 0) is 10.9 Å². The summed E-state index contributed by atoms with van der Waals surface area (Å²) < 4.78 is 85.3. The quantitative estimate of drug-likeness (QED) is 0.632. The van der Waals surface area contributed by atoms with E-state index in [2.05, 4.69) is 4.74 Å². The lowest BCUT2D eigenvalue weighted by Gasteiger charge is -2.26. The fourth-order valence-electron chi connectivity index (χ4n) is 3.33. The number of hydrogen-bond acceptors (Lipinski definition) is 4. The molecule has 31 heavy (non-hydrogen) atoms. The van der Waals surface area contributed by atoms with Gasteiger partial charge < -0.3 is 14.7 Å². The summed E-state index contributed by atoms with van der Waals surface area (Å²) in [7, 11) is 0. The first-order chi connectivity index (χ1) is 14.4. The summed E-state index contributed by atoms with van der Waals surface area (Å²) in [4.78, 5) is 12.6. The molecule has 1 saturated heterocycles. The summed E-state index contributed by atoms with van der Waals surface area (Å²) in [5.74, 6) is -0.995. The number of carboxylic acids is 1. The SMILES string of the molecule is O=C(O)c1ccc(N2C[C@@H](Oc3ccc(C(F)(F)F)cc3)C[C@H]2COC(F)(F)F)cc1. The first kappa shape index (κ1) is 22.7. The van der Waals surface area contributed by atoms with Crippen molar-refractivity contribution in [1.29, 1.82) is 0 Å². The van der Waals surface area contributed by atoms with Gasteiger partial charge >= 0.3 is 18.5 Å². The first-order valence-corrected chi connectivity index (χ1v) is 9.07. The van der Waals surface area contributed by atoms with Crippen molar-refractivity contribution in [3.8, 4) is 5.75 Å². The molecule has 2 atom stereocenters. The Morgan fingerprint density at radius 1 is 1.00 bits per heavy atom. The van der Waals surface area contributed by atoms with Crippen molar-refractivity contribution in [1.82, 2.24) is 0 Å². The van der Waals surface area contributed by atoms with E-state index in [1.165, 1.54) is 24.3 Å². The summed E-state index contributed by atoms with van der Waals surface area (Å²) in [6.07, 6.45) is -9.81. The van der Waals surface area contributed by atoms with E-state index in [-0.39, 0.29) is 24.3 Å². The molecule has 168 valence electrons. The molecular formula is C20H17F6NO4. The van der Waals surface area contributed by atoms with Crippen molar-refractivity contribution < 1.29 is 45.7 Å². The van der Waals surface area contributed by atoms with E-state index in [0.717, 1.165) is 24.3 Å². The third kappa shape index (κ3) is 6.03. The third-order valence-electron chi connectivity index (χ3n) is 4.75. The van der Waals surface area contributed by atoms with Crippen molar-refractivity contribution in [2.45, 2.75) is 31.1 Å². The van der Waals surface area contributed by atoms with Crippen LogP contribution < -0.4 is 9.64 Å². The van der Waals surface area contributed by atoms with Gasteiger partial charge in [-0.2, -0.15) is 13.2 Å². The Kier molecular flexibility index (Phi) is 6.35. The second kappa shape index (κ2) is 8.66. The molecule has 1 N–H and O–H groups in total. The fourth-order valence-corrected chi connectivity index (χ4v) is 3.33. The van der Waals surface area contributed by atoms with Gasteiger partial charge in [0, 0.05) is 12.1 Å². The second-order valence-electron chi connectivity index (χ2n) is 6.91. The third-order valence-corrected chi connectivity index (χ3v) is 4.75. The van der Waals surface area contributed by atoms with Crippen molar-refractivity contribution in [3.63, 3.8) is 0 Å². The molecular weight excluding hydrogens is 432 g/mol. The molecule has 0 amide bonds. The minimum Gasteiger partial charge on any atom is -0.489 e. The summed E-state index contributed by atoms with van der Waals surface area (Å²) in [5, 5.41) is 8.99. The van der Waals surface area contributed by atoms with Gasteiger partial charge in [0.2, 0.25) is 0 Å². The molecule has 0 spiro atoms. The van der Waals surface area contributed by atoms with Crippen molar-refractivity contribution in [3.05, 3.63) is 59.7 Å². The van der Waals surface area contributed by atoms with Crippen LogP contribution in [0, 0.1) is 0 Å². The largest absolute Gasteiger partial charge is 0.522 e. The number of ether oxygens (including phenoxy) is 2. The molecule has 3 rings (SSSR count). The maximum absolute atomic E-state index is 12.7. The summed E-state index contributed by atoms with van der Waals surface area (Å²) >= 11 is 0. The van der Waals surface area contributed by atoms with Crippen molar-refractivity contribution >= 4 is 11.7 Å². The number of benzene rings is 2. The average molecular weight is 449 g/mol. The number of hydrogen-bond donors (Lipinski definition) is 1. The molecule has 1 aliphatic heterocycles. The minimum absolute atomic E-state index is 0.0172. The predicted octanol–water partition coefficient (Wildman–Crippen LogP) is 4.97. The molecule has 0 bridgehead atoms. The lowest BCUT2D eigenvalue weighted by atomic mass is 10.1. The summed E-state index contributed by atoms with van der Waals surface area (Å²) in [6.45, 7) is -0.545. The standard InChI is InChI=1S/C20H17F6NO4/c21-19(22,23)13-3-7-16(8-4-13)31-17-9-15(11-30-20(24,25)26)27(10-17)14-5-1-12(2-6-14)18(28)29/h1-8,15,17H,9-11H2,(H,28,29)/t15-,17-/m0/s1. The van der Waals surface area contributed by atoms with Gasteiger partial charge in [0.05, 0.1) is 30.3 Å². The Labute approximate surface area is 172 Å². The Balaban J connectivity index is 1.74. The van der Waals surface area contributed by atoms with Gasteiger partial charge in [-0.05, 0) is 48.5 Å². The summed E-state index contributed by atoms with van der Waals surface area (Å²) in [5.41, 5.74) is -0.356. The van der Waals surface area contributed by atoms with E-state index in [0.29, 0.717) is 5.69 Å². The molecule has 2 aromatic carbocycles. The Morgan fingerprint density at radius 2 is 1.61 bits per heavy atom. The Morgan fingerprint density at radius 3 is 2.13 bits per heavy atom.